The van der Waals surface area contributed by atoms with Crippen molar-refractivity contribution in [2.75, 3.05) is 7.11 Å². The maximum absolute atomic E-state index is 13.4. The van der Waals surface area contributed by atoms with E-state index in [1.807, 2.05) is 18.2 Å². The molecule has 0 bridgehead atoms. The topological polar surface area (TPSA) is 83.8 Å². The van der Waals surface area contributed by atoms with E-state index in [1.54, 1.807) is 19.4 Å². The predicted molar refractivity (Wildman–Crippen MR) is 123 cm³/mol. The Hall–Kier alpha value is -3.11. The Labute approximate surface area is 192 Å². The molecule has 5 rings (SSSR count). The lowest BCUT2D eigenvalue weighted by atomic mass is 9.62. The van der Waals surface area contributed by atoms with Crippen molar-refractivity contribution in [1.82, 2.24) is 0 Å². The molecule has 2 spiro atoms. The molecule has 2 aromatic carbocycles. The molecule has 170 valence electrons. The Kier molecular flexibility index (Phi) is 5.09. The van der Waals surface area contributed by atoms with Gasteiger partial charge in [0, 0.05) is 23.7 Å². The van der Waals surface area contributed by atoms with Crippen LogP contribution < -0.4 is 5.73 Å². The number of nitrogens with zero attached hydrogens (tertiary/aromatic N) is 3. The number of hydrogen-bond donors (Lipinski definition) is 1. The Bertz CT molecular complexity index is 1220. The largest absolute Gasteiger partial charge is 0.383 e. The standard InChI is InChI=1S/C26H26F2N4O/c1-15-11-25(6-5-22(15)33-2)12-18-4-3-17(10-21(18)26(25)31-14-23(30)32-26)19-7-16(13-29)8-20(9-19)24(27)28/h3-4,7-10,14-15,22,24H,5-6,11-12H2,1-2H3,(H2,30,32)/t15?,22-,25-,26+/m1/s1. The molecule has 2 aromatic rings. The fourth-order valence-corrected chi connectivity index (χ4v) is 6.19. The van der Waals surface area contributed by atoms with Crippen LogP contribution in [0.1, 0.15) is 54.9 Å². The lowest BCUT2D eigenvalue weighted by Crippen LogP contribution is -2.46. The number of amidine groups is 1. The smallest absolute Gasteiger partial charge is 0.263 e. The second kappa shape index (κ2) is 7.74. The number of methoxy groups -OCH3 is 1. The molecule has 5 nitrogen and oxygen atoms in total. The first-order chi connectivity index (χ1) is 15.8. The first kappa shape index (κ1) is 21.7. The second-order valence-electron chi connectivity index (χ2n) is 9.55. The highest BCUT2D eigenvalue weighted by atomic mass is 19.3. The van der Waals surface area contributed by atoms with Crippen LogP contribution in [0, 0.1) is 22.7 Å². The number of nitriles is 1. The van der Waals surface area contributed by atoms with Crippen molar-refractivity contribution >= 4 is 12.1 Å². The minimum atomic E-state index is -2.65. The molecule has 2 N–H and O–H groups in total. The first-order valence-corrected chi connectivity index (χ1v) is 11.2. The van der Waals surface area contributed by atoms with Gasteiger partial charge < -0.3 is 10.5 Å². The fourth-order valence-electron chi connectivity index (χ4n) is 6.19. The van der Waals surface area contributed by atoms with Gasteiger partial charge >= 0.3 is 0 Å². The van der Waals surface area contributed by atoms with E-state index in [0.717, 1.165) is 42.4 Å². The molecule has 1 unspecified atom stereocenters. The predicted octanol–water partition coefficient (Wildman–Crippen LogP) is 5.13. The molecule has 0 saturated heterocycles. The van der Waals surface area contributed by atoms with Crippen LogP contribution in [0.4, 0.5) is 8.78 Å². The zero-order valence-corrected chi connectivity index (χ0v) is 18.7. The van der Waals surface area contributed by atoms with Gasteiger partial charge in [0.15, 0.2) is 5.66 Å². The van der Waals surface area contributed by atoms with Crippen molar-refractivity contribution in [2.24, 2.45) is 27.1 Å². The number of rotatable bonds is 3. The zero-order chi connectivity index (χ0) is 23.4. The summed E-state index contributed by atoms with van der Waals surface area (Å²) >= 11 is 0. The van der Waals surface area contributed by atoms with Gasteiger partial charge in [-0.3, -0.25) is 4.99 Å². The molecule has 1 saturated carbocycles. The van der Waals surface area contributed by atoms with E-state index < -0.39 is 12.1 Å². The van der Waals surface area contributed by atoms with Gasteiger partial charge in [-0.2, -0.15) is 5.26 Å². The van der Waals surface area contributed by atoms with Gasteiger partial charge in [0.1, 0.15) is 5.84 Å². The number of alkyl halides is 2. The van der Waals surface area contributed by atoms with Crippen molar-refractivity contribution in [3.05, 3.63) is 58.7 Å². The average molecular weight is 449 g/mol. The summed E-state index contributed by atoms with van der Waals surface area (Å²) in [5.74, 6) is 0.753. The van der Waals surface area contributed by atoms with Crippen LogP contribution in [0.5, 0.6) is 0 Å². The van der Waals surface area contributed by atoms with E-state index >= 15 is 0 Å². The number of nitrogens with two attached hydrogens (primary N) is 1. The van der Waals surface area contributed by atoms with Crippen LogP contribution in [0.25, 0.3) is 11.1 Å². The third kappa shape index (κ3) is 3.27. The Balaban J connectivity index is 1.63. The highest BCUT2D eigenvalue weighted by Crippen LogP contribution is 2.62. The molecule has 3 aliphatic rings. The van der Waals surface area contributed by atoms with Gasteiger partial charge in [-0.1, -0.05) is 19.1 Å². The summed E-state index contributed by atoms with van der Waals surface area (Å²) in [5, 5.41) is 9.34. The normalized spacial score (nSPS) is 30.1. The van der Waals surface area contributed by atoms with Crippen LogP contribution in [-0.2, 0) is 16.8 Å². The highest BCUT2D eigenvalue weighted by Gasteiger charge is 2.61. The lowest BCUT2D eigenvalue weighted by molar-refractivity contribution is -0.0377. The molecule has 1 aliphatic heterocycles. The third-order valence-corrected chi connectivity index (χ3v) is 7.66. The molecule has 0 radical (unpaired) electrons. The summed E-state index contributed by atoms with van der Waals surface area (Å²) in [5.41, 5.74) is 8.62. The molecular formula is C26H26F2N4O. The SMILES string of the molecule is CO[C@@H]1CC[C@]2(Cc3ccc(-c4cc(C#N)cc(C(F)F)c4)cc3[C@@]23N=CC(N)=N3)CC1C. The molecule has 4 atom stereocenters. The quantitative estimate of drug-likeness (QED) is 0.706. The minimum absolute atomic E-state index is 0.163. The van der Waals surface area contributed by atoms with Crippen molar-refractivity contribution in [1.29, 1.82) is 5.26 Å². The number of hydrogen-bond acceptors (Lipinski definition) is 5. The van der Waals surface area contributed by atoms with Crippen LogP contribution in [-0.4, -0.2) is 25.3 Å². The van der Waals surface area contributed by atoms with E-state index in [9.17, 15) is 14.0 Å². The van der Waals surface area contributed by atoms with Gasteiger partial charge in [-0.25, -0.2) is 13.8 Å². The minimum Gasteiger partial charge on any atom is -0.383 e. The van der Waals surface area contributed by atoms with Crippen molar-refractivity contribution in [3.8, 4) is 17.2 Å². The summed E-state index contributed by atoms with van der Waals surface area (Å²) in [7, 11) is 1.76. The average Bonchev–Trinajstić information content (AvgIpc) is 3.32. The van der Waals surface area contributed by atoms with Gasteiger partial charge in [0.25, 0.3) is 6.43 Å². The van der Waals surface area contributed by atoms with E-state index in [-0.39, 0.29) is 22.6 Å². The van der Waals surface area contributed by atoms with Crippen LogP contribution in [0.3, 0.4) is 0 Å². The molecule has 7 heteroatoms. The lowest BCUT2D eigenvalue weighted by Gasteiger charge is -2.47. The van der Waals surface area contributed by atoms with Crippen molar-refractivity contribution in [2.45, 2.75) is 50.8 Å². The maximum Gasteiger partial charge on any atom is 0.263 e. The fraction of sp³-hybridized carbons (Fsp3) is 0.423. The van der Waals surface area contributed by atoms with E-state index in [0.29, 0.717) is 17.3 Å². The highest BCUT2D eigenvalue weighted by molar-refractivity contribution is 6.30. The maximum atomic E-state index is 13.4. The van der Waals surface area contributed by atoms with Gasteiger partial charge in [0.2, 0.25) is 0 Å². The van der Waals surface area contributed by atoms with Crippen molar-refractivity contribution in [3.63, 3.8) is 0 Å². The Morgan fingerprint density at radius 2 is 2.03 bits per heavy atom. The van der Waals surface area contributed by atoms with Crippen molar-refractivity contribution < 1.29 is 13.5 Å². The molecule has 1 heterocycles. The zero-order valence-electron chi connectivity index (χ0n) is 18.7. The summed E-state index contributed by atoms with van der Waals surface area (Å²) in [4.78, 5) is 9.80. The molecule has 0 amide bonds. The number of benzene rings is 2. The number of ether oxygens (including phenoxy) is 1. The molecule has 2 aliphatic carbocycles. The van der Waals surface area contributed by atoms with Crippen LogP contribution in [0.15, 0.2) is 46.4 Å². The molecule has 0 aromatic heterocycles. The molecule has 1 fully saturated rings. The summed E-state index contributed by atoms with van der Waals surface area (Å²) in [6.07, 6.45) is 2.77. The van der Waals surface area contributed by atoms with Gasteiger partial charge in [0.05, 0.1) is 24.0 Å². The summed E-state index contributed by atoms with van der Waals surface area (Å²) < 4.78 is 32.6. The molecule has 33 heavy (non-hydrogen) atoms. The monoisotopic (exact) mass is 448 g/mol. The Morgan fingerprint density at radius 3 is 2.67 bits per heavy atom. The second-order valence-corrected chi connectivity index (χ2v) is 9.55. The summed E-state index contributed by atoms with van der Waals surface area (Å²) in [6.45, 7) is 2.21. The number of fused-ring (bicyclic) bond motifs is 3. The number of halogens is 2. The molecular weight excluding hydrogens is 422 g/mol. The van der Waals surface area contributed by atoms with E-state index in [4.69, 9.17) is 20.5 Å². The van der Waals surface area contributed by atoms with Crippen LogP contribution in [0.2, 0.25) is 0 Å². The first-order valence-electron chi connectivity index (χ1n) is 11.2. The van der Waals surface area contributed by atoms with Crippen LogP contribution >= 0.6 is 0 Å². The van der Waals surface area contributed by atoms with Gasteiger partial charge in [-0.05, 0) is 72.6 Å². The Morgan fingerprint density at radius 1 is 1.21 bits per heavy atom. The van der Waals surface area contributed by atoms with E-state index in [2.05, 4.69) is 13.0 Å². The van der Waals surface area contributed by atoms with E-state index in [1.165, 1.54) is 12.1 Å². The third-order valence-electron chi connectivity index (χ3n) is 7.66. The number of aliphatic imine (C=N–C) groups is 2. The van der Waals surface area contributed by atoms with Gasteiger partial charge in [-0.15, -0.1) is 0 Å². The summed E-state index contributed by atoms with van der Waals surface area (Å²) in [6, 6.07) is 12.3.